The third kappa shape index (κ3) is 5.70. The van der Waals surface area contributed by atoms with Crippen LogP contribution in [0, 0.1) is 0 Å². The van der Waals surface area contributed by atoms with Gasteiger partial charge in [0.1, 0.15) is 0 Å². The number of imidazole rings is 1. The van der Waals surface area contributed by atoms with E-state index in [1.54, 1.807) is 12.3 Å². The van der Waals surface area contributed by atoms with Crippen LogP contribution in [0.1, 0.15) is 25.0 Å². The molecule has 0 amide bonds. The van der Waals surface area contributed by atoms with Crippen molar-refractivity contribution in [3.8, 4) is 28.1 Å². The van der Waals surface area contributed by atoms with Gasteiger partial charge in [-0.15, -0.1) is 11.8 Å². The van der Waals surface area contributed by atoms with Crippen LogP contribution in [-0.4, -0.2) is 20.8 Å². The predicted octanol–water partition coefficient (Wildman–Crippen LogP) is 8.39. The molecule has 2 heterocycles. The van der Waals surface area contributed by atoms with E-state index in [0.717, 1.165) is 10.5 Å². The number of alkyl halides is 6. The summed E-state index contributed by atoms with van der Waals surface area (Å²) in [7, 11) is 0. The molecule has 0 aliphatic heterocycles. The smallest absolute Gasteiger partial charge is 0.297 e. The van der Waals surface area contributed by atoms with Gasteiger partial charge < -0.3 is 0 Å². The first-order valence-electron chi connectivity index (χ1n) is 10.5. The van der Waals surface area contributed by atoms with Crippen LogP contribution in [0.4, 0.5) is 26.3 Å². The number of hydrogen-bond donors (Lipinski definition) is 0. The highest BCUT2D eigenvalue weighted by Crippen LogP contribution is 2.40. The first-order valence-corrected chi connectivity index (χ1v) is 11.7. The van der Waals surface area contributed by atoms with E-state index in [0.29, 0.717) is 23.4 Å². The molecule has 4 aromatic rings. The number of pyridine rings is 1. The lowest BCUT2D eigenvalue weighted by Gasteiger charge is -2.17. The molecule has 35 heavy (non-hydrogen) atoms. The van der Waals surface area contributed by atoms with Gasteiger partial charge in [0, 0.05) is 22.2 Å². The summed E-state index contributed by atoms with van der Waals surface area (Å²) in [5.74, 6) is 0. The fourth-order valence-corrected chi connectivity index (χ4v) is 4.09. The van der Waals surface area contributed by atoms with E-state index in [1.807, 2.05) is 44.4 Å². The van der Waals surface area contributed by atoms with Crippen LogP contribution in [0.2, 0.25) is 0 Å². The van der Waals surface area contributed by atoms with Crippen molar-refractivity contribution in [3.63, 3.8) is 0 Å². The Kier molecular flexibility index (Phi) is 7.94. The van der Waals surface area contributed by atoms with Crippen molar-refractivity contribution in [3.05, 3.63) is 84.6 Å². The van der Waals surface area contributed by atoms with Gasteiger partial charge in [-0.05, 0) is 42.2 Å². The Morgan fingerprint density at radius 1 is 0.771 bits per heavy atom. The lowest BCUT2D eigenvalue weighted by molar-refractivity contribution is -0.143. The average Bonchev–Trinajstić information content (AvgIpc) is 3.34. The van der Waals surface area contributed by atoms with Gasteiger partial charge in [0.15, 0.2) is 0 Å². The maximum Gasteiger partial charge on any atom is 0.416 e. The lowest BCUT2D eigenvalue weighted by atomic mass is 10.0. The molecule has 0 spiro atoms. The normalized spacial score (nSPS) is 11.7. The highest BCUT2D eigenvalue weighted by atomic mass is 32.2. The van der Waals surface area contributed by atoms with Crippen LogP contribution in [0.15, 0.2) is 78.3 Å². The van der Waals surface area contributed by atoms with Crippen molar-refractivity contribution in [2.24, 2.45) is 0 Å². The molecular formula is C25H21F6N3S. The van der Waals surface area contributed by atoms with Crippen molar-refractivity contribution in [2.45, 2.75) is 31.1 Å². The monoisotopic (exact) mass is 509 g/mol. The minimum atomic E-state index is -4.95. The molecule has 0 N–H and O–H groups in total. The van der Waals surface area contributed by atoms with Gasteiger partial charge >= 0.3 is 12.4 Å². The van der Waals surface area contributed by atoms with Crippen molar-refractivity contribution in [1.82, 2.24) is 14.5 Å². The van der Waals surface area contributed by atoms with E-state index in [4.69, 9.17) is 0 Å². The first kappa shape index (κ1) is 26.3. The second-order valence-corrected chi connectivity index (χ2v) is 7.88. The van der Waals surface area contributed by atoms with Crippen LogP contribution in [0.25, 0.3) is 28.1 Å². The highest BCUT2D eigenvalue weighted by Gasteiger charge is 2.37. The Labute approximate surface area is 202 Å². The number of rotatable bonds is 4. The summed E-state index contributed by atoms with van der Waals surface area (Å²) in [4.78, 5) is 9.07. The topological polar surface area (TPSA) is 30.7 Å². The fraction of sp³-hybridized carbons (Fsp3) is 0.200. The molecule has 0 fully saturated rings. The Morgan fingerprint density at radius 3 is 2.00 bits per heavy atom. The molecule has 0 unspecified atom stereocenters. The number of halogens is 6. The average molecular weight is 510 g/mol. The Morgan fingerprint density at radius 2 is 1.40 bits per heavy atom. The molecular weight excluding hydrogens is 488 g/mol. The van der Waals surface area contributed by atoms with E-state index in [-0.39, 0.29) is 17.3 Å². The molecule has 4 rings (SSSR count). The summed E-state index contributed by atoms with van der Waals surface area (Å²) in [6.07, 6.45) is -2.36. The van der Waals surface area contributed by atoms with Gasteiger partial charge in [0.05, 0.1) is 41.2 Å². The van der Waals surface area contributed by atoms with Gasteiger partial charge in [-0.3, -0.25) is 9.55 Å². The Bertz CT molecular complexity index is 1260. The Hall–Kier alpha value is -3.27. The van der Waals surface area contributed by atoms with E-state index >= 15 is 0 Å². The molecule has 3 nitrogen and oxygen atoms in total. The summed E-state index contributed by atoms with van der Waals surface area (Å²) in [6, 6.07) is 10.7. The zero-order valence-electron chi connectivity index (χ0n) is 18.9. The molecule has 0 atom stereocenters. The van der Waals surface area contributed by atoms with Gasteiger partial charge in [-0.1, -0.05) is 32.0 Å². The quantitative estimate of drug-likeness (QED) is 0.204. The van der Waals surface area contributed by atoms with Crippen molar-refractivity contribution in [2.75, 3.05) is 6.26 Å². The molecule has 0 saturated carbocycles. The van der Waals surface area contributed by atoms with Crippen molar-refractivity contribution >= 4 is 11.8 Å². The second kappa shape index (κ2) is 10.6. The van der Waals surface area contributed by atoms with Crippen LogP contribution < -0.4 is 0 Å². The molecule has 2 aromatic heterocycles. The molecule has 0 radical (unpaired) electrons. The van der Waals surface area contributed by atoms with Crippen LogP contribution in [0.5, 0.6) is 0 Å². The van der Waals surface area contributed by atoms with Crippen LogP contribution >= 0.6 is 11.8 Å². The molecule has 2 aromatic carbocycles. The number of benzene rings is 2. The van der Waals surface area contributed by atoms with E-state index in [1.165, 1.54) is 35.0 Å². The van der Waals surface area contributed by atoms with Crippen molar-refractivity contribution in [1.29, 1.82) is 0 Å². The number of nitrogens with zero attached hydrogens (tertiary/aromatic N) is 3. The predicted molar refractivity (Wildman–Crippen MR) is 125 cm³/mol. The summed E-state index contributed by atoms with van der Waals surface area (Å²) >= 11 is 1.51. The first-order chi connectivity index (χ1) is 16.6. The minimum absolute atomic E-state index is 0.0717. The molecule has 0 aliphatic rings. The number of aromatic nitrogens is 3. The summed E-state index contributed by atoms with van der Waals surface area (Å²) in [5.41, 5.74) is -0.944. The molecule has 0 saturated heterocycles. The van der Waals surface area contributed by atoms with Crippen LogP contribution in [-0.2, 0) is 12.4 Å². The maximum atomic E-state index is 13.4. The molecule has 10 heteroatoms. The second-order valence-electron chi connectivity index (χ2n) is 7.04. The highest BCUT2D eigenvalue weighted by molar-refractivity contribution is 7.98. The van der Waals surface area contributed by atoms with Crippen LogP contribution in [0.3, 0.4) is 0 Å². The SMILES string of the molecule is CC.CSc1ccccc1-c1ccncc1-n1cncc1-c1cc(C(F)(F)F)cc(C(F)(F)F)c1. The molecule has 0 aliphatic carbocycles. The summed E-state index contributed by atoms with van der Waals surface area (Å²) in [5, 5.41) is 0. The Balaban J connectivity index is 0.00000167. The maximum absolute atomic E-state index is 13.4. The number of thioether (sulfide) groups is 1. The minimum Gasteiger partial charge on any atom is -0.297 e. The fourth-order valence-electron chi connectivity index (χ4n) is 3.48. The zero-order chi connectivity index (χ0) is 25.8. The van der Waals surface area contributed by atoms with E-state index in [9.17, 15) is 26.3 Å². The van der Waals surface area contributed by atoms with Gasteiger partial charge in [-0.25, -0.2) is 4.98 Å². The third-order valence-electron chi connectivity index (χ3n) is 4.98. The van der Waals surface area contributed by atoms with Crippen molar-refractivity contribution < 1.29 is 26.3 Å². The van der Waals surface area contributed by atoms with Gasteiger partial charge in [0.2, 0.25) is 0 Å². The van der Waals surface area contributed by atoms with Gasteiger partial charge in [-0.2, -0.15) is 26.3 Å². The van der Waals surface area contributed by atoms with Gasteiger partial charge in [0.25, 0.3) is 0 Å². The standard InChI is InChI=1S/C23H15F6N3S.C2H6/c1-33-21-5-3-2-4-18(21)17-6-7-30-12-20(17)32-13-31-11-19(32)14-8-15(22(24,25)26)10-16(9-14)23(27,28)29;1-2/h2-13H,1H3;1-2H3. The third-order valence-corrected chi connectivity index (χ3v) is 5.77. The largest absolute Gasteiger partial charge is 0.416 e. The number of hydrogen-bond acceptors (Lipinski definition) is 3. The van der Waals surface area contributed by atoms with E-state index in [2.05, 4.69) is 9.97 Å². The molecule has 184 valence electrons. The lowest BCUT2D eigenvalue weighted by Crippen LogP contribution is -2.11. The summed E-state index contributed by atoms with van der Waals surface area (Å²) in [6.45, 7) is 4.00. The van der Waals surface area contributed by atoms with E-state index < -0.39 is 23.5 Å². The molecule has 0 bridgehead atoms. The zero-order valence-corrected chi connectivity index (χ0v) is 19.8. The summed E-state index contributed by atoms with van der Waals surface area (Å²) < 4.78 is 81.6.